The topological polar surface area (TPSA) is 37.3 Å². The first-order valence-corrected chi connectivity index (χ1v) is 9.22. The summed E-state index contributed by atoms with van der Waals surface area (Å²) in [5, 5.41) is 8.93. The highest BCUT2D eigenvalue weighted by molar-refractivity contribution is 5.88. The van der Waals surface area contributed by atoms with Crippen LogP contribution in [-0.2, 0) is 10.8 Å². The molecule has 1 aliphatic rings. The van der Waals surface area contributed by atoms with Crippen LogP contribution in [0.25, 0.3) is 0 Å². The molecule has 0 heterocycles. The second-order valence-corrected chi connectivity index (χ2v) is 8.73. The molecule has 0 aliphatic heterocycles. The van der Waals surface area contributed by atoms with E-state index in [1.165, 1.54) is 23.3 Å². The molecule has 0 saturated carbocycles. The Labute approximate surface area is 160 Å². The summed E-state index contributed by atoms with van der Waals surface area (Å²) in [4.78, 5) is 10.9. The Morgan fingerprint density at radius 2 is 1.59 bits per heavy atom. The fraction of sp³-hybridized carbons (Fsp3) is 0.375. The van der Waals surface area contributed by atoms with E-state index in [1.807, 2.05) is 0 Å². The summed E-state index contributed by atoms with van der Waals surface area (Å²) in [7, 11) is 0. The van der Waals surface area contributed by atoms with Crippen LogP contribution in [0.3, 0.4) is 0 Å². The van der Waals surface area contributed by atoms with Gasteiger partial charge in [0, 0.05) is 11.1 Å². The maximum atomic E-state index is 13.9. The zero-order valence-corrected chi connectivity index (χ0v) is 16.5. The molecule has 2 aromatic carbocycles. The molecule has 0 bridgehead atoms. The van der Waals surface area contributed by atoms with Crippen LogP contribution in [-0.4, -0.2) is 11.1 Å². The fourth-order valence-electron chi connectivity index (χ4n) is 3.76. The van der Waals surface area contributed by atoms with Crippen molar-refractivity contribution in [3.8, 4) is 11.8 Å². The number of hydrogen-bond donors (Lipinski definition) is 1. The number of halogens is 1. The minimum absolute atomic E-state index is 0.101. The lowest BCUT2D eigenvalue weighted by Crippen LogP contribution is -2.34. The summed E-state index contributed by atoms with van der Waals surface area (Å²) >= 11 is 0. The van der Waals surface area contributed by atoms with Crippen LogP contribution in [0.1, 0.15) is 78.7 Å². The molecular weight excluding hydrogens is 339 g/mol. The SMILES string of the molecule is Cc1cc2c(cc1C#Cc1ccc(C(=O)O)c(F)c1)C(C)(C)CCC2(C)C. The van der Waals surface area contributed by atoms with Crippen molar-refractivity contribution < 1.29 is 14.3 Å². The normalized spacial score (nSPS) is 16.8. The summed E-state index contributed by atoms with van der Waals surface area (Å²) in [6, 6.07) is 8.40. The molecule has 0 aromatic heterocycles. The summed E-state index contributed by atoms with van der Waals surface area (Å²) in [6.07, 6.45) is 2.29. The predicted octanol–water partition coefficient (Wildman–Crippen LogP) is 5.58. The highest BCUT2D eigenvalue weighted by atomic mass is 19.1. The van der Waals surface area contributed by atoms with E-state index in [-0.39, 0.29) is 16.4 Å². The Balaban J connectivity index is 2.04. The number of aryl methyl sites for hydroxylation is 1. The van der Waals surface area contributed by atoms with Crippen LogP contribution in [0.2, 0.25) is 0 Å². The van der Waals surface area contributed by atoms with Crippen molar-refractivity contribution in [2.45, 2.75) is 58.3 Å². The molecule has 0 radical (unpaired) electrons. The number of carboxylic acid groups (broad SMARTS) is 1. The second-order valence-electron chi connectivity index (χ2n) is 8.73. The van der Waals surface area contributed by atoms with Crippen molar-refractivity contribution in [2.75, 3.05) is 0 Å². The molecule has 0 unspecified atom stereocenters. The number of carbonyl (C=O) groups is 1. The first-order chi connectivity index (χ1) is 12.5. The van der Waals surface area contributed by atoms with Gasteiger partial charge in [0.1, 0.15) is 5.82 Å². The van der Waals surface area contributed by atoms with Gasteiger partial charge in [-0.3, -0.25) is 0 Å². The second kappa shape index (κ2) is 6.53. The summed E-state index contributed by atoms with van der Waals surface area (Å²) in [5.41, 5.74) is 5.14. The molecule has 3 heteroatoms. The monoisotopic (exact) mass is 364 g/mol. The summed E-state index contributed by atoms with van der Waals surface area (Å²) in [6.45, 7) is 11.2. The molecule has 0 saturated heterocycles. The molecule has 3 rings (SSSR count). The van der Waals surface area contributed by atoms with E-state index in [1.54, 1.807) is 6.07 Å². The Kier molecular flexibility index (Phi) is 4.64. The van der Waals surface area contributed by atoms with Gasteiger partial charge in [-0.05, 0) is 71.6 Å². The van der Waals surface area contributed by atoms with E-state index in [2.05, 4.69) is 58.6 Å². The van der Waals surface area contributed by atoms with Crippen molar-refractivity contribution >= 4 is 5.97 Å². The molecule has 0 amide bonds. The molecule has 2 nitrogen and oxygen atoms in total. The van der Waals surface area contributed by atoms with E-state index >= 15 is 0 Å². The number of fused-ring (bicyclic) bond motifs is 1. The average Bonchev–Trinajstić information content (AvgIpc) is 2.57. The molecule has 1 aliphatic carbocycles. The summed E-state index contributed by atoms with van der Waals surface area (Å²) in [5.74, 6) is 4.10. The Morgan fingerprint density at radius 1 is 1.00 bits per heavy atom. The molecule has 1 N–H and O–H groups in total. The molecule has 140 valence electrons. The van der Waals surface area contributed by atoms with Crippen LogP contribution >= 0.6 is 0 Å². The average molecular weight is 364 g/mol. The van der Waals surface area contributed by atoms with Gasteiger partial charge in [0.05, 0.1) is 5.56 Å². The van der Waals surface area contributed by atoms with Crippen LogP contribution in [0.15, 0.2) is 30.3 Å². The van der Waals surface area contributed by atoms with E-state index in [9.17, 15) is 9.18 Å². The number of aromatic carboxylic acids is 1. The zero-order chi connectivity index (χ0) is 20.0. The van der Waals surface area contributed by atoms with Crippen LogP contribution in [0.5, 0.6) is 0 Å². The third-order valence-corrected chi connectivity index (χ3v) is 5.74. The third-order valence-electron chi connectivity index (χ3n) is 5.74. The highest BCUT2D eigenvalue weighted by Gasteiger charge is 2.37. The molecule has 0 spiro atoms. The number of hydrogen-bond acceptors (Lipinski definition) is 1. The highest BCUT2D eigenvalue weighted by Crippen LogP contribution is 2.46. The zero-order valence-electron chi connectivity index (χ0n) is 16.5. The van der Waals surface area contributed by atoms with Crippen molar-refractivity contribution in [1.29, 1.82) is 0 Å². The standard InChI is InChI=1S/C24H25FO2/c1-15-12-19-20(24(4,5)11-10-23(19,2)3)14-17(15)8-6-16-7-9-18(22(26)27)21(25)13-16/h7,9,12-14H,10-11H2,1-5H3,(H,26,27). The first kappa shape index (κ1) is 19.2. The maximum absolute atomic E-state index is 13.9. The molecule has 27 heavy (non-hydrogen) atoms. The van der Waals surface area contributed by atoms with Gasteiger partial charge in [-0.25, -0.2) is 9.18 Å². The minimum Gasteiger partial charge on any atom is -0.478 e. The number of rotatable bonds is 1. The minimum atomic E-state index is -1.28. The van der Waals surface area contributed by atoms with Crippen LogP contribution in [0.4, 0.5) is 4.39 Å². The van der Waals surface area contributed by atoms with E-state index in [4.69, 9.17) is 5.11 Å². The van der Waals surface area contributed by atoms with Crippen molar-refractivity contribution in [1.82, 2.24) is 0 Å². The van der Waals surface area contributed by atoms with E-state index in [0.29, 0.717) is 5.56 Å². The lowest BCUT2D eigenvalue weighted by molar-refractivity contribution is 0.0692. The largest absolute Gasteiger partial charge is 0.478 e. The quantitative estimate of drug-likeness (QED) is 0.671. The van der Waals surface area contributed by atoms with Gasteiger partial charge < -0.3 is 5.11 Å². The summed E-state index contributed by atoms with van der Waals surface area (Å²) < 4.78 is 13.9. The van der Waals surface area contributed by atoms with E-state index < -0.39 is 11.8 Å². The molecular formula is C24H25FO2. The van der Waals surface area contributed by atoms with Gasteiger partial charge in [-0.15, -0.1) is 0 Å². The third kappa shape index (κ3) is 3.62. The Morgan fingerprint density at radius 3 is 2.15 bits per heavy atom. The lowest BCUT2D eigenvalue weighted by Gasteiger charge is -2.42. The van der Waals surface area contributed by atoms with Crippen LogP contribution < -0.4 is 0 Å². The van der Waals surface area contributed by atoms with Crippen molar-refractivity contribution in [2.24, 2.45) is 0 Å². The van der Waals surface area contributed by atoms with Gasteiger partial charge in [-0.2, -0.15) is 0 Å². The fourth-order valence-corrected chi connectivity index (χ4v) is 3.76. The molecule has 0 atom stereocenters. The van der Waals surface area contributed by atoms with Crippen molar-refractivity contribution in [3.05, 3.63) is 69.5 Å². The van der Waals surface area contributed by atoms with Gasteiger partial charge >= 0.3 is 5.97 Å². The Hall–Kier alpha value is -2.60. The first-order valence-electron chi connectivity index (χ1n) is 9.22. The van der Waals surface area contributed by atoms with Gasteiger partial charge in [0.15, 0.2) is 0 Å². The molecule has 2 aromatic rings. The lowest BCUT2D eigenvalue weighted by atomic mass is 9.62. The predicted molar refractivity (Wildman–Crippen MR) is 106 cm³/mol. The van der Waals surface area contributed by atoms with Gasteiger partial charge in [0.25, 0.3) is 0 Å². The Bertz CT molecular complexity index is 987. The number of benzene rings is 2. The molecule has 0 fully saturated rings. The van der Waals surface area contributed by atoms with Crippen LogP contribution in [0, 0.1) is 24.6 Å². The van der Waals surface area contributed by atoms with E-state index in [0.717, 1.165) is 24.0 Å². The smallest absolute Gasteiger partial charge is 0.338 e. The number of carboxylic acids is 1. The van der Waals surface area contributed by atoms with Crippen molar-refractivity contribution in [3.63, 3.8) is 0 Å². The maximum Gasteiger partial charge on any atom is 0.338 e. The van der Waals surface area contributed by atoms with Gasteiger partial charge in [0.2, 0.25) is 0 Å². The van der Waals surface area contributed by atoms with Gasteiger partial charge in [-0.1, -0.05) is 45.6 Å².